The molecular weight excluding hydrogens is 412 g/mol. The van der Waals surface area contributed by atoms with Gasteiger partial charge in [0.2, 0.25) is 23.6 Å². The molecule has 2 saturated heterocycles. The first-order valence-corrected chi connectivity index (χ1v) is 10.4. The molecule has 4 amide bonds. The van der Waals surface area contributed by atoms with Crippen molar-refractivity contribution in [3.63, 3.8) is 0 Å². The van der Waals surface area contributed by atoms with E-state index in [0.29, 0.717) is 29.9 Å². The first-order chi connectivity index (χ1) is 13.2. The zero-order valence-corrected chi connectivity index (χ0v) is 16.7. The van der Waals surface area contributed by atoms with Crippen molar-refractivity contribution in [2.45, 2.75) is 62.1 Å². The van der Waals surface area contributed by atoms with Crippen LogP contribution in [0.1, 0.15) is 45.4 Å². The van der Waals surface area contributed by atoms with Crippen molar-refractivity contribution in [2.24, 2.45) is 0 Å². The topological polar surface area (TPSA) is 149 Å². The zero-order chi connectivity index (χ0) is 21.0. The number of carbonyl (C=O) groups excluding carboxylic acids is 4. The summed E-state index contributed by atoms with van der Waals surface area (Å²) >= 11 is 0.622. The molecule has 2 fully saturated rings. The largest absolute Gasteiger partial charge is 0.473 e. The van der Waals surface area contributed by atoms with Gasteiger partial charge in [-0.1, -0.05) is 19.8 Å². The smallest absolute Gasteiger partial charge is 0.365 e. The fourth-order valence-electron chi connectivity index (χ4n) is 3.25. The third-order valence-corrected chi connectivity index (χ3v) is 6.14. The predicted octanol–water partition coefficient (Wildman–Crippen LogP) is 1.97. The molecule has 2 N–H and O–H groups in total. The van der Waals surface area contributed by atoms with Crippen molar-refractivity contribution in [3.8, 4) is 0 Å². The van der Waals surface area contributed by atoms with Crippen LogP contribution in [0.2, 0.25) is 0 Å². The third-order valence-electron chi connectivity index (χ3n) is 4.43. The molecule has 12 heteroatoms. The number of nitrogens with zero attached hydrogens (tertiary/aromatic N) is 2. The monoisotopic (exact) mass is 432 g/mol. The molecule has 28 heavy (non-hydrogen) atoms. The highest BCUT2D eigenvalue weighted by molar-refractivity contribution is 8.14. The maximum atomic E-state index is 12.6. The zero-order valence-electron chi connectivity index (χ0n) is 15.0. The van der Waals surface area contributed by atoms with Crippen LogP contribution < -0.4 is 0 Å². The molecule has 0 aromatic rings. The summed E-state index contributed by atoms with van der Waals surface area (Å²) in [6, 6.07) is 0. The van der Waals surface area contributed by atoms with Gasteiger partial charge in [0.05, 0.1) is 0 Å². The lowest BCUT2D eigenvalue weighted by Crippen LogP contribution is -2.53. The van der Waals surface area contributed by atoms with Gasteiger partial charge in [0.15, 0.2) is 0 Å². The molecule has 10 nitrogen and oxygen atoms in total. The Kier molecular flexibility index (Phi) is 7.47. The van der Waals surface area contributed by atoms with E-state index in [1.54, 1.807) is 0 Å². The van der Waals surface area contributed by atoms with Gasteiger partial charge in [-0.05, 0) is 36.4 Å². The second-order valence-electron chi connectivity index (χ2n) is 6.33. The number of carboxylic acid groups (broad SMARTS) is 2. The van der Waals surface area contributed by atoms with Gasteiger partial charge in [-0.25, -0.2) is 9.59 Å². The molecule has 0 saturated carbocycles. The van der Waals surface area contributed by atoms with Crippen LogP contribution in [0.3, 0.4) is 0 Å². The highest BCUT2D eigenvalue weighted by Crippen LogP contribution is 2.34. The van der Waals surface area contributed by atoms with Crippen molar-refractivity contribution in [2.75, 3.05) is 0 Å². The minimum atomic E-state index is -1.30. The van der Waals surface area contributed by atoms with Crippen molar-refractivity contribution in [3.05, 3.63) is 0 Å². The van der Waals surface area contributed by atoms with Crippen LogP contribution in [0.15, 0.2) is 0 Å². The number of rotatable bonds is 8. The molecule has 0 aromatic carbocycles. The Hall–Kier alpha value is -2.08. The quantitative estimate of drug-likeness (QED) is 0.430. The fourth-order valence-corrected chi connectivity index (χ4v) is 4.62. The van der Waals surface area contributed by atoms with E-state index in [1.165, 1.54) is 0 Å². The SMILES string of the molecule is CCCCCC(N1C(=O)CC(SC(=O)O)C1=O)N1C(=O)CC(SC(=O)O)C1=O. The van der Waals surface area contributed by atoms with Gasteiger partial charge in [0, 0.05) is 12.8 Å². The third kappa shape index (κ3) is 4.85. The van der Waals surface area contributed by atoms with E-state index < -0.39 is 50.9 Å². The standard InChI is InChI=1S/C16H20N2O8S2/c1-2-3-4-5-10(17-11(19)6-8(13(17)21)27-15(23)24)18-12(20)7-9(14(18)22)28-16(25)26/h8-10H,2-7H2,1H3,(H,23,24)(H,25,26). The first-order valence-electron chi connectivity index (χ1n) is 8.68. The maximum Gasteiger partial charge on any atom is 0.365 e. The summed E-state index contributed by atoms with van der Waals surface area (Å²) in [5.74, 6) is -2.82. The number of imide groups is 2. The van der Waals surface area contributed by atoms with E-state index in [0.717, 1.165) is 22.6 Å². The van der Waals surface area contributed by atoms with Crippen LogP contribution in [0.25, 0.3) is 0 Å². The molecule has 2 atom stereocenters. The van der Waals surface area contributed by atoms with E-state index in [2.05, 4.69) is 0 Å². The van der Waals surface area contributed by atoms with Crippen LogP contribution in [0, 0.1) is 0 Å². The fraction of sp³-hybridized carbons (Fsp3) is 0.625. The number of carbonyl (C=O) groups is 6. The molecule has 2 unspecified atom stereocenters. The van der Waals surface area contributed by atoms with Crippen molar-refractivity contribution < 1.29 is 39.0 Å². The van der Waals surface area contributed by atoms with Crippen LogP contribution >= 0.6 is 23.5 Å². The molecule has 0 radical (unpaired) electrons. The average molecular weight is 432 g/mol. The highest BCUT2D eigenvalue weighted by Gasteiger charge is 2.51. The van der Waals surface area contributed by atoms with Crippen LogP contribution in [-0.4, -0.2) is 70.9 Å². The maximum absolute atomic E-state index is 12.6. The lowest BCUT2D eigenvalue weighted by molar-refractivity contribution is -0.154. The number of likely N-dealkylation sites (tertiary alicyclic amines) is 2. The van der Waals surface area contributed by atoms with E-state index in [-0.39, 0.29) is 19.3 Å². The normalized spacial score (nSPS) is 23.6. The molecular formula is C16H20N2O8S2. The number of hydrogen-bond donors (Lipinski definition) is 2. The first kappa shape index (κ1) is 22.2. The molecule has 2 rings (SSSR count). The summed E-state index contributed by atoms with van der Waals surface area (Å²) in [4.78, 5) is 73.5. The lowest BCUT2D eigenvalue weighted by Gasteiger charge is -2.33. The predicted molar refractivity (Wildman–Crippen MR) is 99.7 cm³/mol. The second-order valence-corrected chi connectivity index (χ2v) is 8.64. The van der Waals surface area contributed by atoms with Gasteiger partial charge >= 0.3 is 10.6 Å². The Morgan fingerprint density at radius 3 is 1.71 bits per heavy atom. The molecule has 0 spiro atoms. The molecule has 154 valence electrons. The molecule has 2 aliphatic rings. The van der Waals surface area contributed by atoms with Gasteiger partial charge in [0.25, 0.3) is 0 Å². The minimum absolute atomic E-state index is 0.164. The number of unbranched alkanes of at least 4 members (excludes halogenated alkanes) is 2. The van der Waals surface area contributed by atoms with Crippen molar-refractivity contribution in [1.29, 1.82) is 0 Å². The van der Waals surface area contributed by atoms with Crippen molar-refractivity contribution >= 4 is 57.8 Å². The molecule has 2 heterocycles. The Morgan fingerprint density at radius 1 is 0.929 bits per heavy atom. The lowest BCUT2D eigenvalue weighted by atomic mass is 10.1. The summed E-state index contributed by atoms with van der Waals surface area (Å²) in [6.07, 6.45) is 0.438. The number of amides is 4. The molecule has 0 bridgehead atoms. The van der Waals surface area contributed by atoms with E-state index in [4.69, 9.17) is 10.2 Å². The van der Waals surface area contributed by atoms with Gasteiger partial charge in [-0.2, -0.15) is 0 Å². The van der Waals surface area contributed by atoms with Crippen molar-refractivity contribution in [1.82, 2.24) is 9.80 Å². The Morgan fingerprint density at radius 2 is 1.36 bits per heavy atom. The Balaban J connectivity index is 2.29. The Labute approximate surface area is 169 Å². The van der Waals surface area contributed by atoms with Crippen LogP contribution in [-0.2, 0) is 19.2 Å². The Bertz CT molecular complexity index is 659. The van der Waals surface area contributed by atoms with Crippen LogP contribution in [0.5, 0.6) is 0 Å². The summed E-state index contributed by atoms with van der Waals surface area (Å²) in [7, 11) is 0. The molecule has 0 aromatic heterocycles. The summed E-state index contributed by atoms with van der Waals surface area (Å²) in [6.45, 7) is 1.94. The average Bonchev–Trinajstić information content (AvgIpc) is 3.00. The van der Waals surface area contributed by atoms with Gasteiger partial charge < -0.3 is 10.2 Å². The van der Waals surface area contributed by atoms with Gasteiger partial charge in [-0.15, -0.1) is 0 Å². The van der Waals surface area contributed by atoms with Gasteiger partial charge in [-0.3, -0.25) is 29.0 Å². The van der Waals surface area contributed by atoms with Crippen LogP contribution in [0.4, 0.5) is 9.59 Å². The summed E-state index contributed by atoms with van der Waals surface area (Å²) in [5.41, 5.74) is 0. The van der Waals surface area contributed by atoms with E-state index in [9.17, 15) is 28.8 Å². The summed E-state index contributed by atoms with van der Waals surface area (Å²) < 4.78 is 0. The molecule has 0 aliphatic carbocycles. The number of hydrogen-bond acceptors (Lipinski definition) is 8. The second kappa shape index (κ2) is 9.41. The van der Waals surface area contributed by atoms with E-state index >= 15 is 0 Å². The van der Waals surface area contributed by atoms with E-state index in [1.807, 2.05) is 6.92 Å². The molecule has 2 aliphatic heterocycles. The highest BCUT2D eigenvalue weighted by atomic mass is 32.2. The minimum Gasteiger partial charge on any atom is -0.473 e. The van der Waals surface area contributed by atoms with Gasteiger partial charge in [0.1, 0.15) is 16.7 Å². The summed E-state index contributed by atoms with van der Waals surface area (Å²) in [5, 5.41) is 13.0. The number of thioether (sulfide) groups is 2.